The standard InChI is InChI=1S/C29H32ClN3O4/c1-2-24-17-26(37-31-24)28(35)32-14-11-29(12-15-32,20-36-25-9-5-8-23(30)16-25)18-27(34)33-13-10-21-6-3-4-7-22(21)19-33/h3-9,16-17H,2,10-15,18-20H2,1H3. The molecule has 2 aliphatic rings. The summed E-state index contributed by atoms with van der Waals surface area (Å²) in [6.45, 7) is 4.76. The quantitative estimate of drug-likeness (QED) is 0.429. The Morgan fingerprint density at radius 3 is 2.54 bits per heavy atom. The largest absolute Gasteiger partial charge is 0.493 e. The zero-order valence-electron chi connectivity index (χ0n) is 21.1. The minimum Gasteiger partial charge on any atom is -0.493 e. The van der Waals surface area contributed by atoms with Crippen LogP contribution in [0, 0.1) is 5.41 Å². The number of nitrogens with zero attached hydrogens (tertiary/aromatic N) is 3. The summed E-state index contributed by atoms with van der Waals surface area (Å²) in [5.41, 5.74) is 2.91. The summed E-state index contributed by atoms with van der Waals surface area (Å²) in [6, 6.07) is 17.3. The van der Waals surface area contributed by atoms with Gasteiger partial charge in [-0.15, -0.1) is 0 Å². The Kier molecular flexibility index (Phi) is 7.51. The van der Waals surface area contributed by atoms with Gasteiger partial charge < -0.3 is 19.1 Å². The molecule has 1 saturated heterocycles. The van der Waals surface area contributed by atoms with Crippen LogP contribution >= 0.6 is 11.6 Å². The van der Waals surface area contributed by atoms with E-state index in [2.05, 4.69) is 23.4 Å². The van der Waals surface area contributed by atoms with Gasteiger partial charge in [-0.05, 0) is 55.0 Å². The molecule has 0 aliphatic carbocycles. The van der Waals surface area contributed by atoms with Crippen molar-refractivity contribution >= 4 is 23.4 Å². The Labute approximate surface area is 222 Å². The van der Waals surface area contributed by atoms with Crippen LogP contribution in [-0.2, 0) is 24.2 Å². The molecule has 8 heteroatoms. The second kappa shape index (κ2) is 11.0. The molecule has 0 saturated carbocycles. The van der Waals surface area contributed by atoms with Gasteiger partial charge in [-0.3, -0.25) is 9.59 Å². The number of halogens is 1. The molecule has 0 bridgehead atoms. The first kappa shape index (κ1) is 25.3. The molecule has 0 N–H and O–H groups in total. The molecule has 2 aromatic carbocycles. The van der Waals surface area contributed by atoms with Crippen molar-refractivity contribution in [2.45, 2.75) is 45.6 Å². The van der Waals surface area contributed by atoms with E-state index < -0.39 is 0 Å². The number of amides is 2. The molecule has 3 aromatic rings. The maximum Gasteiger partial charge on any atom is 0.292 e. The van der Waals surface area contributed by atoms with Crippen molar-refractivity contribution < 1.29 is 18.8 Å². The molecule has 7 nitrogen and oxygen atoms in total. The number of ether oxygens (including phenoxy) is 1. The Morgan fingerprint density at radius 2 is 1.81 bits per heavy atom. The van der Waals surface area contributed by atoms with Gasteiger partial charge in [-0.2, -0.15) is 0 Å². The third kappa shape index (κ3) is 5.82. The van der Waals surface area contributed by atoms with Crippen LogP contribution in [0.15, 0.2) is 59.1 Å². The summed E-state index contributed by atoms with van der Waals surface area (Å²) < 4.78 is 11.5. The van der Waals surface area contributed by atoms with Crippen LogP contribution < -0.4 is 4.74 Å². The highest BCUT2D eigenvalue weighted by molar-refractivity contribution is 6.30. The molecule has 194 valence electrons. The van der Waals surface area contributed by atoms with Crippen molar-refractivity contribution in [2.75, 3.05) is 26.2 Å². The molecule has 37 heavy (non-hydrogen) atoms. The van der Waals surface area contributed by atoms with Crippen LogP contribution in [0.5, 0.6) is 5.75 Å². The maximum absolute atomic E-state index is 13.6. The number of likely N-dealkylation sites (tertiary alicyclic amines) is 1. The maximum atomic E-state index is 13.6. The highest BCUT2D eigenvalue weighted by Gasteiger charge is 2.40. The Balaban J connectivity index is 1.29. The first-order chi connectivity index (χ1) is 17.9. The third-order valence-electron chi connectivity index (χ3n) is 7.59. The van der Waals surface area contributed by atoms with E-state index in [1.807, 2.05) is 30.0 Å². The number of carbonyl (C=O) groups excluding carboxylic acids is 2. The third-order valence-corrected chi connectivity index (χ3v) is 7.83. The smallest absolute Gasteiger partial charge is 0.292 e. The summed E-state index contributed by atoms with van der Waals surface area (Å²) in [7, 11) is 0. The van der Waals surface area contributed by atoms with Gasteiger partial charge in [0.05, 0.1) is 12.3 Å². The van der Waals surface area contributed by atoms with Crippen LogP contribution in [0.1, 0.15) is 53.6 Å². The van der Waals surface area contributed by atoms with Crippen molar-refractivity contribution in [1.82, 2.24) is 15.0 Å². The number of benzene rings is 2. The van der Waals surface area contributed by atoms with Crippen LogP contribution in [0.4, 0.5) is 0 Å². The lowest BCUT2D eigenvalue weighted by molar-refractivity contribution is -0.136. The molecule has 5 rings (SSSR count). The predicted molar refractivity (Wildman–Crippen MR) is 141 cm³/mol. The summed E-state index contributed by atoms with van der Waals surface area (Å²) >= 11 is 6.15. The second-order valence-corrected chi connectivity index (χ2v) is 10.5. The normalized spacial score (nSPS) is 16.8. The highest BCUT2D eigenvalue weighted by atomic mass is 35.5. The minimum atomic E-state index is -0.386. The number of fused-ring (bicyclic) bond motifs is 1. The summed E-state index contributed by atoms with van der Waals surface area (Å²) in [5, 5.41) is 4.56. The average Bonchev–Trinajstić information content (AvgIpc) is 3.41. The zero-order valence-corrected chi connectivity index (χ0v) is 21.9. The fraction of sp³-hybridized carbons (Fsp3) is 0.414. The summed E-state index contributed by atoms with van der Waals surface area (Å²) in [5.74, 6) is 0.920. The topological polar surface area (TPSA) is 75.9 Å². The minimum absolute atomic E-state index is 0.131. The van der Waals surface area contributed by atoms with Crippen LogP contribution in [0.25, 0.3) is 0 Å². The molecule has 0 radical (unpaired) electrons. The van der Waals surface area contributed by atoms with Crippen LogP contribution in [-0.4, -0.2) is 53.0 Å². The molecule has 2 amide bonds. The zero-order chi connectivity index (χ0) is 25.8. The van der Waals surface area contributed by atoms with Gasteiger partial charge in [0.25, 0.3) is 5.91 Å². The molecule has 0 atom stereocenters. The number of rotatable bonds is 7. The van der Waals surface area contributed by atoms with E-state index in [1.54, 1.807) is 23.1 Å². The molecule has 1 fully saturated rings. The Morgan fingerprint density at radius 1 is 1.03 bits per heavy atom. The van der Waals surface area contributed by atoms with Gasteiger partial charge in [-0.25, -0.2) is 0 Å². The van der Waals surface area contributed by atoms with Crippen molar-refractivity contribution in [2.24, 2.45) is 5.41 Å². The van der Waals surface area contributed by atoms with Crippen LogP contribution in [0.2, 0.25) is 5.02 Å². The van der Waals surface area contributed by atoms with E-state index >= 15 is 0 Å². The van der Waals surface area contributed by atoms with Gasteiger partial charge >= 0.3 is 0 Å². The molecule has 0 spiro atoms. The summed E-state index contributed by atoms with van der Waals surface area (Å²) in [4.78, 5) is 30.3. The molecular weight excluding hydrogens is 490 g/mol. The molecular formula is C29H32ClN3O4. The average molecular weight is 522 g/mol. The van der Waals surface area contributed by atoms with Crippen molar-refractivity contribution in [3.63, 3.8) is 0 Å². The number of aromatic nitrogens is 1. The van der Waals surface area contributed by atoms with E-state index in [0.29, 0.717) is 62.7 Å². The predicted octanol–water partition coefficient (Wildman–Crippen LogP) is 5.17. The van der Waals surface area contributed by atoms with Gasteiger partial charge in [0.1, 0.15) is 5.75 Å². The molecule has 3 heterocycles. The van der Waals surface area contributed by atoms with E-state index in [-0.39, 0.29) is 23.0 Å². The van der Waals surface area contributed by atoms with E-state index in [1.165, 1.54) is 11.1 Å². The Hall–Kier alpha value is -3.32. The Bertz CT molecular complexity index is 1270. The van der Waals surface area contributed by atoms with Crippen molar-refractivity contribution in [3.05, 3.63) is 82.2 Å². The van der Waals surface area contributed by atoms with Gasteiger partial charge in [0.15, 0.2) is 0 Å². The van der Waals surface area contributed by atoms with Crippen LogP contribution in [0.3, 0.4) is 0 Å². The monoisotopic (exact) mass is 521 g/mol. The number of piperidine rings is 1. The van der Waals surface area contributed by atoms with E-state index in [9.17, 15) is 9.59 Å². The van der Waals surface area contributed by atoms with Gasteiger partial charge in [-0.1, -0.05) is 54.0 Å². The lowest BCUT2D eigenvalue weighted by atomic mass is 9.75. The van der Waals surface area contributed by atoms with Crippen molar-refractivity contribution in [3.8, 4) is 5.75 Å². The lowest BCUT2D eigenvalue weighted by Crippen LogP contribution is -2.48. The number of hydrogen-bond donors (Lipinski definition) is 0. The number of carbonyl (C=O) groups is 2. The second-order valence-electron chi connectivity index (χ2n) is 10.1. The van der Waals surface area contributed by atoms with Gasteiger partial charge in [0, 0.05) is 49.1 Å². The molecule has 1 aromatic heterocycles. The van der Waals surface area contributed by atoms with E-state index in [4.69, 9.17) is 20.9 Å². The van der Waals surface area contributed by atoms with Gasteiger partial charge in [0.2, 0.25) is 11.7 Å². The van der Waals surface area contributed by atoms with E-state index in [0.717, 1.165) is 18.7 Å². The highest BCUT2D eigenvalue weighted by Crippen LogP contribution is 2.38. The number of aryl methyl sites for hydroxylation is 1. The first-order valence-electron chi connectivity index (χ1n) is 12.9. The fourth-order valence-corrected chi connectivity index (χ4v) is 5.41. The SMILES string of the molecule is CCc1cc(C(=O)N2CCC(COc3cccc(Cl)c3)(CC(=O)N3CCc4ccccc4C3)CC2)on1. The number of hydrogen-bond acceptors (Lipinski definition) is 5. The first-order valence-corrected chi connectivity index (χ1v) is 13.3. The lowest BCUT2D eigenvalue weighted by Gasteiger charge is -2.42. The molecule has 0 unspecified atom stereocenters. The van der Waals surface area contributed by atoms with Crippen molar-refractivity contribution in [1.29, 1.82) is 0 Å². The molecule has 2 aliphatic heterocycles. The summed E-state index contributed by atoms with van der Waals surface area (Å²) in [6.07, 6.45) is 3.27. The fourth-order valence-electron chi connectivity index (χ4n) is 5.23.